The fourth-order valence-corrected chi connectivity index (χ4v) is 5.74. The molecule has 4 fully saturated rings. The number of rotatable bonds is 7. The van der Waals surface area contributed by atoms with Crippen molar-refractivity contribution in [3.63, 3.8) is 0 Å². The van der Waals surface area contributed by atoms with Crippen molar-refractivity contribution in [3.05, 3.63) is 59.7 Å². The molecule has 2 heterocycles. The van der Waals surface area contributed by atoms with Crippen molar-refractivity contribution in [2.45, 2.75) is 135 Å². The standard InChI is InChI=1S/C18H25BO4.C16H23BO3.C4H6O3/c1-13(20)21-12-18(10-11-18)14-6-8-15(9-7-14)19-22-16(2,3)17(4,5)23-19;1-14(2)15(3,4)20-17(19-14)13-7-5-12(6-8-13)16(11-18)9-10-16;1-3(5)7-4(2)6/h6-9H,10-12H2,1-5H3;5-8,18H,9-11H2,1-4H3;1-2H3. The summed E-state index contributed by atoms with van der Waals surface area (Å²) in [5.41, 5.74) is 3.27. The average molecular weight is 692 g/mol. The second-order valence-electron chi connectivity index (χ2n) is 16.0. The fourth-order valence-electron chi connectivity index (χ4n) is 5.74. The number of aliphatic hydroxyl groups excluding tert-OH is 1. The summed E-state index contributed by atoms with van der Waals surface area (Å²) in [5.74, 6) is -1.34. The first kappa shape index (κ1) is 39.8. The number of carbonyl (C=O) groups excluding carboxylic acids is 3. The van der Waals surface area contributed by atoms with Gasteiger partial charge >= 0.3 is 32.1 Å². The van der Waals surface area contributed by atoms with Crippen molar-refractivity contribution in [2.24, 2.45) is 0 Å². The predicted octanol–water partition coefficient (Wildman–Crippen LogP) is 4.69. The van der Waals surface area contributed by atoms with E-state index in [1.165, 1.54) is 31.9 Å². The first-order valence-electron chi connectivity index (χ1n) is 17.4. The number of aliphatic hydroxyl groups is 1. The number of ether oxygens (including phenoxy) is 2. The van der Waals surface area contributed by atoms with E-state index in [9.17, 15) is 19.5 Å². The van der Waals surface area contributed by atoms with Crippen LogP contribution in [0, 0.1) is 0 Å². The van der Waals surface area contributed by atoms with Gasteiger partial charge in [0.15, 0.2) is 0 Å². The number of hydrogen-bond acceptors (Lipinski definition) is 10. The largest absolute Gasteiger partial charge is 0.494 e. The van der Waals surface area contributed by atoms with E-state index in [-0.39, 0.29) is 60.0 Å². The van der Waals surface area contributed by atoms with Crippen molar-refractivity contribution >= 4 is 43.1 Å². The van der Waals surface area contributed by atoms with E-state index in [1.807, 2.05) is 0 Å². The highest BCUT2D eigenvalue weighted by molar-refractivity contribution is 6.62. The summed E-state index contributed by atoms with van der Waals surface area (Å²) in [6.45, 7) is 21.0. The average Bonchev–Trinajstić information content (AvgIpc) is 3.93. The molecule has 272 valence electrons. The van der Waals surface area contributed by atoms with Crippen LogP contribution in [0.3, 0.4) is 0 Å². The zero-order chi connectivity index (χ0) is 37.3. The Morgan fingerprint density at radius 2 is 0.900 bits per heavy atom. The van der Waals surface area contributed by atoms with Gasteiger partial charge in [0.2, 0.25) is 0 Å². The predicted molar refractivity (Wildman–Crippen MR) is 192 cm³/mol. The van der Waals surface area contributed by atoms with Gasteiger partial charge in [0.05, 0.1) is 29.0 Å². The van der Waals surface area contributed by atoms with Gasteiger partial charge in [-0.2, -0.15) is 0 Å². The fraction of sp³-hybridized carbons (Fsp3) is 0.605. The van der Waals surface area contributed by atoms with E-state index in [2.05, 4.69) is 109 Å². The van der Waals surface area contributed by atoms with Gasteiger partial charge in [-0.1, -0.05) is 48.5 Å². The molecule has 0 unspecified atom stereocenters. The number of carbonyl (C=O) groups is 3. The minimum absolute atomic E-state index is 0.0140. The molecule has 2 aromatic rings. The highest BCUT2D eigenvalue weighted by atomic mass is 16.7. The molecule has 50 heavy (non-hydrogen) atoms. The Balaban J connectivity index is 0.000000191. The SMILES string of the molecule is CC(=O)OC(C)=O.CC(=O)OCC1(c2ccc(B3OC(C)(C)C(C)(C)O3)cc2)CC1.CC1(C)OB(c2ccc(C3(CO)CC3)cc2)OC1(C)C. The lowest BCUT2D eigenvalue weighted by Gasteiger charge is -2.32. The Hall–Kier alpha value is -3.02. The van der Waals surface area contributed by atoms with Crippen LogP contribution in [-0.4, -0.2) is 72.9 Å². The molecule has 2 aliphatic heterocycles. The quantitative estimate of drug-likeness (QED) is 0.248. The monoisotopic (exact) mass is 692 g/mol. The third-order valence-corrected chi connectivity index (χ3v) is 10.9. The van der Waals surface area contributed by atoms with Crippen LogP contribution in [-0.2, 0) is 53.3 Å². The molecule has 6 rings (SSSR count). The normalized spacial score (nSPS) is 22.2. The Morgan fingerprint density at radius 3 is 1.14 bits per heavy atom. The third kappa shape index (κ3) is 9.06. The maximum atomic E-state index is 11.0. The van der Waals surface area contributed by atoms with Gasteiger partial charge in [-0.25, -0.2) is 0 Å². The van der Waals surface area contributed by atoms with Crippen molar-refractivity contribution in [2.75, 3.05) is 13.2 Å². The Bertz CT molecular complexity index is 1480. The van der Waals surface area contributed by atoms with Gasteiger partial charge in [0, 0.05) is 31.6 Å². The lowest BCUT2D eigenvalue weighted by molar-refractivity contribution is -0.156. The maximum absolute atomic E-state index is 11.0. The molecule has 2 saturated carbocycles. The molecule has 2 saturated heterocycles. The molecule has 0 aromatic heterocycles. The van der Waals surface area contributed by atoms with Gasteiger partial charge in [0.1, 0.15) is 6.61 Å². The Morgan fingerprint density at radius 1 is 0.580 bits per heavy atom. The number of benzene rings is 2. The molecule has 10 nitrogen and oxygen atoms in total. The van der Waals surface area contributed by atoms with E-state index < -0.39 is 11.9 Å². The summed E-state index contributed by atoms with van der Waals surface area (Å²) < 4.78 is 33.4. The van der Waals surface area contributed by atoms with Crippen molar-refractivity contribution in [1.29, 1.82) is 0 Å². The molecule has 0 radical (unpaired) electrons. The summed E-state index contributed by atoms with van der Waals surface area (Å²) >= 11 is 0. The van der Waals surface area contributed by atoms with Gasteiger partial charge in [-0.3, -0.25) is 14.4 Å². The van der Waals surface area contributed by atoms with Crippen molar-refractivity contribution in [3.8, 4) is 0 Å². The van der Waals surface area contributed by atoms with Crippen LogP contribution in [0.4, 0.5) is 0 Å². The van der Waals surface area contributed by atoms with Crippen LogP contribution in [0.15, 0.2) is 48.5 Å². The van der Waals surface area contributed by atoms with E-state index in [0.717, 1.165) is 36.6 Å². The van der Waals surface area contributed by atoms with Crippen molar-refractivity contribution < 1.29 is 47.6 Å². The summed E-state index contributed by atoms with van der Waals surface area (Å²) in [7, 11) is -0.643. The first-order valence-corrected chi connectivity index (χ1v) is 17.4. The molecule has 1 N–H and O–H groups in total. The van der Waals surface area contributed by atoms with E-state index in [1.54, 1.807) is 0 Å². The summed E-state index contributed by atoms with van der Waals surface area (Å²) in [6.07, 6.45) is 4.30. The number of hydrogen-bond donors (Lipinski definition) is 1. The van der Waals surface area contributed by atoms with E-state index in [0.29, 0.717) is 6.61 Å². The highest BCUT2D eigenvalue weighted by Crippen LogP contribution is 2.49. The maximum Gasteiger partial charge on any atom is 0.494 e. The van der Waals surface area contributed by atoms with Gasteiger partial charge in [-0.05, 0) is 103 Å². The molecular weight excluding hydrogens is 638 g/mol. The minimum Gasteiger partial charge on any atom is -0.465 e. The zero-order valence-corrected chi connectivity index (χ0v) is 31.6. The van der Waals surface area contributed by atoms with Crippen LogP contribution in [0.5, 0.6) is 0 Å². The third-order valence-electron chi connectivity index (χ3n) is 10.9. The summed E-state index contributed by atoms with van der Waals surface area (Å²) in [4.78, 5) is 30.7. The zero-order valence-electron chi connectivity index (χ0n) is 31.6. The van der Waals surface area contributed by atoms with Crippen molar-refractivity contribution in [1.82, 2.24) is 0 Å². The Labute approximate surface area is 298 Å². The second-order valence-corrected chi connectivity index (χ2v) is 16.0. The molecule has 4 aliphatic rings. The van der Waals surface area contributed by atoms with Crippen LogP contribution >= 0.6 is 0 Å². The lowest BCUT2D eigenvalue weighted by Crippen LogP contribution is -2.41. The number of esters is 3. The molecule has 2 aromatic carbocycles. The van der Waals surface area contributed by atoms with Crippen LogP contribution < -0.4 is 10.9 Å². The lowest BCUT2D eigenvalue weighted by atomic mass is 9.78. The van der Waals surface area contributed by atoms with E-state index >= 15 is 0 Å². The molecule has 0 bridgehead atoms. The van der Waals surface area contributed by atoms with Gasteiger partial charge in [0.25, 0.3) is 0 Å². The molecule has 2 aliphatic carbocycles. The van der Waals surface area contributed by atoms with E-state index in [4.69, 9.17) is 23.4 Å². The smallest absolute Gasteiger partial charge is 0.465 e. The molecular formula is C38H54B2O10. The first-order chi connectivity index (χ1) is 23.1. The minimum atomic E-state index is -0.562. The molecule has 0 spiro atoms. The van der Waals surface area contributed by atoms with Gasteiger partial charge in [-0.15, -0.1) is 0 Å². The molecule has 12 heteroatoms. The molecule has 0 atom stereocenters. The summed E-state index contributed by atoms with van der Waals surface area (Å²) in [6, 6.07) is 16.7. The van der Waals surface area contributed by atoms with Gasteiger partial charge < -0.3 is 33.2 Å². The molecule has 0 amide bonds. The van der Waals surface area contributed by atoms with Crippen LogP contribution in [0.25, 0.3) is 0 Å². The summed E-state index contributed by atoms with van der Waals surface area (Å²) in [5, 5.41) is 9.48. The van der Waals surface area contributed by atoms with Crippen LogP contribution in [0.1, 0.15) is 113 Å². The highest BCUT2D eigenvalue weighted by Gasteiger charge is 2.53. The topological polar surface area (TPSA) is 127 Å². The Kier molecular flexibility index (Phi) is 11.6. The second kappa shape index (κ2) is 14.5. The van der Waals surface area contributed by atoms with Crippen LogP contribution in [0.2, 0.25) is 0 Å².